The van der Waals surface area contributed by atoms with Crippen LogP contribution in [0.2, 0.25) is 10.0 Å². The van der Waals surface area contributed by atoms with Crippen LogP contribution in [0.4, 0.5) is 0 Å². The first kappa shape index (κ1) is 10.4. The zero-order valence-electron chi connectivity index (χ0n) is 7.80. The lowest BCUT2D eigenvalue weighted by Crippen LogP contribution is -2.15. The molecule has 0 fully saturated rings. The predicted molar refractivity (Wildman–Crippen MR) is 58.9 cm³/mol. The minimum atomic E-state index is -0.208. The van der Waals surface area contributed by atoms with E-state index in [1.165, 1.54) is 18.2 Å². The Morgan fingerprint density at radius 2 is 1.53 bits per heavy atom. The minimum absolute atomic E-state index is 0.178. The molecule has 0 saturated heterocycles. The van der Waals surface area contributed by atoms with E-state index in [9.17, 15) is 9.59 Å². The Kier molecular flexibility index (Phi) is 2.41. The van der Waals surface area contributed by atoms with Gasteiger partial charge in [-0.3, -0.25) is 9.59 Å². The molecule has 1 aliphatic rings. The smallest absolute Gasteiger partial charge is 0.189 e. The van der Waals surface area contributed by atoms with Crippen LogP contribution in [0.1, 0.15) is 27.6 Å². The molecule has 0 amide bonds. The van der Waals surface area contributed by atoms with E-state index >= 15 is 0 Å². The van der Waals surface area contributed by atoms with Crippen molar-refractivity contribution in [3.05, 3.63) is 45.0 Å². The van der Waals surface area contributed by atoms with Crippen molar-refractivity contribution in [3.8, 4) is 0 Å². The van der Waals surface area contributed by atoms with Crippen molar-refractivity contribution in [3.63, 3.8) is 0 Å². The lowest BCUT2D eigenvalue weighted by atomic mass is 9.90. The van der Waals surface area contributed by atoms with E-state index in [0.29, 0.717) is 16.7 Å². The van der Waals surface area contributed by atoms with Gasteiger partial charge in [0.15, 0.2) is 11.6 Å². The Morgan fingerprint density at radius 1 is 1.00 bits per heavy atom. The van der Waals surface area contributed by atoms with E-state index in [2.05, 4.69) is 0 Å². The molecule has 0 heterocycles. The van der Waals surface area contributed by atoms with Crippen molar-refractivity contribution in [1.82, 2.24) is 0 Å². The number of halogens is 2. The average molecular weight is 241 g/mol. The van der Waals surface area contributed by atoms with Crippen LogP contribution < -0.4 is 0 Å². The maximum absolute atomic E-state index is 11.7. The molecule has 0 spiro atoms. The molecule has 4 heteroatoms. The normalized spacial score (nSPS) is 15.0. The zero-order chi connectivity index (χ0) is 11.2. The number of rotatable bonds is 0. The van der Waals surface area contributed by atoms with Crippen LogP contribution in [0.15, 0.2) is 23.8 Å². The molecule has 76 valence electrons. The van der Waals surface area contributed by atoms with Crippen molar-refractivity contribution in [2.45, 2.75) is 6.92 Å². The number of carbonyl (C=O) groups excluding carboxylic acids is 2. The highest BCUT2D eigenvalue weighted by molar-refractivity contribution is 6.43. The summed E-state index contributed by atoms with van der Waals surface area (Å²) >= 11 is 11.6. The zero-order valence-corrected chi connectivity index (χ0v) is 9.32. The minimum Gasteiger partial charge on any atom is -0.289 e. The van der Waals surface area contributed by atoms with E-state index in [1.807, 2.05) is 0 Å². The summed E-state index contributed by atoms with van der Waals surface area (Å²) in [7, 11) is 0. The number of carbonyl (C=O) groups is 2. The number of fused-ring (bicyclic) bond motifs is 1. The third-order valence-electron chi connectivity index (χ3n) is 2.28. The summed E-state index contributed by atoms with van der Waals surface area (Å²) in [5.41, 5.74) is 1.07. The Bertz CT molecular complexity index is 516. The molecule has 1 aliphatic carbocycles. The number of Topliss-reactive ketones (excluding diaryl/α,β-unsaturated/α-hetero) is 1. The lowest BCUT2D eigenvalue weighted by Gasteiger charge is -2.13. The van der Waals surface area contributed by atoms with Crippen molar-refractivity contribution in [2.75, 3.05) is 0 Å². The summed E-state index contributed by atoms with van der Waals surface area (Å²) in [5, 5.41) is 0.566. The number of hydrogen-bond acceptors (Lipinski definition) is 2. The highest BCUT2D eigenvalue weighted by Crippen LogP contribution is 2.30. The number of hydrogen-bond donors (Lipinski definition) is 0. The van der Waals surface area contributed by atoms with Gasteiger partial charge in [-0.15, -0.1) is 0 Å². The summed E-state index contributed by atoms with van der Waals surface area (Å²) in [4.78, 5) is 23.3. The van der Waals surface area contributed by atoms with Crippen molar-refractivity contribution in [1.29, 1.82) is 0 Å². The van der Waals surface area contributed by atoms with Crippen LogP contribution in [-0.4, -0.2) is 11.6 Å². The molecule has 0 saturated carbocycles. The third kappa shape index (κ3) is 1.60. The molecule has 0 aliphatic heterocycles. The fourth-order valence-corrected chi connectivity index (χ4v) is 1.82. The number of ketones is 2. The van der Waals surface area contributed by atoms with Gasteiger partial charge >= 0.3 is 0 Å². The van der Waals surface area contributed by atoms with Gasteiger partial charge in [0.1, 0.15) is 0 Å². The summed E-state index contributed by atoms with van der Waals surface area (Å²) in [6.45, 7) is 1.60. The van der Waals surface area contributed by atoms with Gasteiger partial charge in [0.05, 0.1) is 10.0 Å². The van der Waals surface area contributed by atoms with Crippen LogP contribution in [0, 0.1) is 0 Å². The SMILES string of the molecule is CC1=CC(=O)c2cc(Cl)c(Cl)cc2C1=O. The molecule has 15 heavy (non-hydrogen) atoms. The van der Waals surface area contributed by atoms with Gasteiger partial charge in [0, 0.05) is 16.7 Å². The molecule has 1 aromatic rings. The van der Waals surface area contributed by atoms with Crippen LogP contribution in [-0.2, 0) is 0 Å². The molecular weight excluding hydrogens is 235 g/mol. The number of benzene rings is 1. The Labute approximate surface area is 96.5 Å². The highest BCUT2D eigenvalue weighted by Gasteiger charge is 2.24. The first-order chi connectivity index (χ1) is 7.00. The van der Waals surface area contributed by atoms with E-state index in [1.54, 1.807) is 6.92 Å². The van der Waals surface area contributed by atoms with Crippen LogP contribution >= 0.6 is 23.2 Å². The fraction of sp³-hybridized carbons (Fsp3) is 0.0909. The van der Waals surface area contributed by atoms with Gasteiger partial charge in [0.25, 0.3) is 0 Å². The van der Waals surface area contributed by atoms with Gasteiger partial charge in [-0.25, -0.2) is 0 Å². The molecule has 2 nitrogen and oxygen atoms in total. The van der Waals surface area contributed by atoms with Gasteiger partial charge in [-0.1, -0.05) is 23.2 Å². The maximum atomic E-state index is 11.7. The monoisotopic (exact) mass is 240 g/mol. The van der Waals surface area contributed by atoms with Crippen molar-refractivity contribution in [2.24, 2.45) is 0 Å². The van der Waals surface area contributed by atoms with Crippen molar-refractivity contribution >= 4 is 34.8 Å². The number of allylic oxidation sites excluding steroid dienone is 2. The molecule has 0 unspecified atom stereocenters. The third-order valence-corrected chi connectivity index (χ3v) is 3.00. The molecule has 0 N–H and O–H groups in total. The van der Waals surface area contributed by atoms with E-state index in [4.69, 9.17) is 23.2 Å². The molecule has 0 atom stereocenters. The molecule has 0 radical (unpaired) electrons. The lowest BCUT2D eigenvalue weighted by molar-refractivity contribution is 0.0984. The standard InChI is InChI=1S/C11H6Cl2O2/c1-5-2-10(14)6-3-8(12)9(13)4-7(6)11(5)15/h2-4H,1H3. The quantitative estimate of drug-likeness (QED) is 0.698. The first-order valence-corrected chi connectivity index (χ1v) is 5.02. The average Bonchev–Trinajstić information content (AvgIpc) is 2.18. The molecule has 0 aromatic heterocycles. The summed E-state index contributed by atoms with van der Waals surface area (Å²) in [5.74, 6) is -0.385. The predicted octanol–water partition coefficient (Wildman–Crippen LogP) is 3.32. The van der Waals surface area contributed by atoms with Gasteiger partial charge < -0.3 is 0 Å². The molecule has 1 aromatic carbocycles. The van der Waals surface area contributed by atoms with Crippen LogP contribution in [0.5, 0.6) is 0 Å². The first-order valence-electron chi connectivity index (χ1n) is 4.27. The second kappa shape index (κ2) is 3.47. The van der Waals surface area contributed by atoms with Crippen molar-refractivity contribution < 1.29 is 9.59 Å². The summed E-state index contributed by atoms with van der Waals surface area (Å²) in [6, 6.07) is 2.87. The largest absolute Gasteiger partial charge is 0.289 e. The Balaban J connectivity index is 2.73. The molecule has 0 bridgehead atoms. The van der Waals surface area contributed by atoms with E-state index in [0.717, 1.165) is 0 Å². The van der Waals surface area contributed by atoms with Crippen LogP contribution in [0.25, 0.3) is 0 Å². The summed E-state index contributed by atoms with van der Waals surface area (Å²) < 4.78 is 0. The van der Waals surface area contributed by atoms with E-state index in [-0.39, 0.29) is 21.6 Å². The fourth-order valence-electron chi connectivity index (χ4n) is 1.49. The Morgan fingerprint density at radius 3 is 2.13 bits per heavy atom. The topological polar surface area (TPSA) is 34.1 Å². The van der Waals surface area contributed by atoms with Gasteiger partial charge in [-0.05, 0) is 25.1 Å². The summed E-state index contributed by atoms with van der Waals surface area (Å²) in [6.07, 6.45) is 1.31. The van der Waals surface area contributed by atoms with Gasteiger partial charge in [-0.2, -0.15) is 0 Å². The van der Waals surface area contributed by atoms with Crippen LogP contribution in [0.3, 0.4) is 0 Å². The highest BCUT2D eigenvalue weighted by atomic mass is 35.5. The van der Waals surface area contributed by atoms with E-state index < -0.39 is 0 Å². The second-order valence-corrected chi connectivity index (χ2v) is 4.15. The van der Waals surface area contributed by atoms with Gasteiger partial charge in [0.2, 0.25) is 0 Å². The molecule has 2 rings (SSSR count). The maximum Gasteiger partial charge on any atom is 0.189 e. The Hall–Kier alpha value is -1.12. The second-order valence-electron chi connectivity index (χ2n) is 3.33. The molecular formula is C11H6Cl2O2.